The van der Waals surface area contributed by atoms with Crippen LogP contribution < -0.4 is 11.1 Å². The smallest absolute Gasteiger partial charge is 0.237 e. The van der Waals surface area contributed by atoms with Gasteiger partial charge in [-0.3, -0.25) is 9.36 Å². The number of amides is 1. The van der Waals surface area contributed by atoms with Gasteiger partial charge in [0.05, 0.1) is 6.04 Å². The van der Waals surface area contributed by atoms with Gasteiger partial charge in [-0.1, -0.05) is 6.07 Å². The van der Waals surface area contributed by atoms with Crippen LogP contribution in [0, 0.1) is 12.8 Å². The van der Waals surface area contributed by atoms with E-state index in [1.807, 2.05) is 29.8 Å². The normalized spacial score (nSPS) is 16.8. The molecule has 1 unspecified atom stereocenters. The lowest BCUT2D eigenvalue weighted by molar-refractivity contribution is -0.124. The largest absolute Gasteiger partial charge is 0.381 e. The third kappa shape index (κ3) is 3.63. The lowest BCUT2D eigenvalue weighted by Gasteiger charge is -2.26. The molecule has 2 aromatic rings. The first-order valence-corrected chi connectivity index (χ1v) is 8.22. The molecule has 128 valence electrons. The molecular formula is C17H23N5O2. The molecule has 1 fully saturated rings. The molecule has 1 aliphatic heterocycles. The maximum Gasteiger partial charge on any atom is 0.237 e. The summed E-state index contributed by atoms with van der Waals surface area (Å²) in [5.74, 6) is 1.68. The van der Waals surface area contributed by atoms with Gasteiger partial charge in [-0.25, -0.2) is 9.97 Å². The van der Waals surface area contributed by atoms with Crippen LogP contribution >= 0.6 is 0 Å². The molecule has 0 spiro atoms. The average Bonchev–Trinajstić information content (AvgIpc) is 3.06. The Balaban J connectivity index is 1.66. The molecule has 3 N–H and O–H groups in total. The van der Waals surface area contributed by atoms with Gasteiger partial charge < -0.3 is 15.8 Å². The van der Waals surface area contributed by atoms with Crippen LogP contribution in [0.2, 0.25) is 0 Å². The molecule has 0 radical (unpaired) electrons. The van der Waals surface area contributed by atoms with E-state index in [1.165, 1.54) is 0 Å². The molecule has 2 aromatic heterocycles. The van der Waals surface area contributed by atoms with E-state index in [1.54, 1.807) is 12.4 Å². The van der Waals surface area contributed by atoms with Crippen molar-refractivity contribution in [1.29, 1.82) is 0 Å². The minimum Gasteiger partial charge on any atom is -0.381 e. The predicted octanol–water partition coefficient (Wildman–Crippen LogP) is 0.946. The number of pyridine rings is 1. The highest BCUT2D eigenvalue weighted by molar-refractivity contribution is 5.81. The van der Waals surface area contributed by atoms with E-state index in [9.17, 15) is 4.79 Å². The number of nitrogens with zero attached hydrogens (tertiary/aromatic N) is 3. The Hall–Kier alpha value is -2.25. The topological polar surface area (TPSA) is 95.1 Å². The van der Waals surface area contributed by atoms with Gasteiger partial charge in [0, 0.05) is 43.9 Å². The third-order valence-electron chi connectivity index (χ3n) is 4.45. The highest BCUT2D eigenvalue weighted by atomic mass is 16.5. The van der Waals surface area contributed by atoms with Crippen molar-refractivity contribution < 1.29 is 9.53 Å². The molecule has 0 aromatic carbocycles. The Morgan fingerprint density at radius 1 is 1.42 bits per heavy atom. The minimum atomic E-state index is -0.496. The van der Waals surface area contributed by atoms with Crippen molar-refractivity contribution in [3.63, 3.8) is 0 Å². The molecule has 24 heavy (non-hydrogen) atoms. The first-order valence-electron chi connectivity index (χ1n) is 8.22. The average molecular weight is 329 g/mol. The highest BCUT2D eigenvalue weighted by Gasteiger charge is 2.26. The summed E-state index contributed by atoms with van der Waals surface area (Å²) in [7, 11) is 0. The van der Waals surface area contributed by atoms with Gasteiger partial charge in [-0.05, 0) is 31.7 Å². The Kier molecular flexibility index (Phi) is 5.22. The summed E-state index contributed by atoms with van der Waals surface area (Å²) >= 11 is 0. The number of hydrogen-bond acceptors (Lipinski definition) is 5. The maximum atomic E-state index is 12.4. The molecule has 1 atom stereocenters. The fourth-order valence-corrected chi connectivity index (χ4v) is 2.98. The Bertz CT molecular complexity index is 694. The number of aromatic nitrogens is 3. The fourth-order valence-electron chi connectivity index (χ4n) is 2.98. The van der Waals surface area contributed by atoms with Crippen LogP contribution in [0.25, 0.3) is 5.82 Å². The van der Waals surface area contributed by atoms with Crippen molar-refractivity contribution >= 4 is 5.91 Å². The van der Waals surface area contributed by atoms with Crippen LogP contribution in [-0.2, 0) is 16.1 Å². The fraction of sp³-hybridized carbons (Fsp3) is 0.471. The molecule has 1 amide bonds. The highest BCUT2D eigenvalue weighted by Crippen LogP contribution is 2.18. The Labute approximate surface area is 141 Å². The maximum absolute atomic E-state index is 12.4. The summed E-state index contributed by atoms with van der Waals surface area (Å²) in [4.78, 5) is 21.0. The van der Waals surface area contributed by atoms with E-state index in [2.05, 4.69) is 15.3 Å². The van der Waals surface area contributed by atoms with Crippen molar-refractivity contribution in [2.75, 3.05) is 13.2 Å². The second kappa shape index (κ2) is 7.55. The van der Waals surface area contributed by atoms with Crippen LogP contribution in [0.4, 0.5) is 0 Å². The number of rotatable bonds is 5. The predicted molar refractivity (Wildman–Crippen MR) is 89.5 cm³/mol. The van der Waals surface area contributed by atoms with Crippen molar-refractivity contribution in [3.8, 4) is 5.82 Å². The molecule has 3 heterocycles. The van der Waals surface area contributed by atoms with E-state index >= 15 is 0 Å². The molecule has 7 nitrogen and oxygen atoms in total. The Morgan fingerprint density at radius 2 is 2.21 bits per heavy atom. The Morgan fingerprint density at radius 3 is 2.92 bits per heavy atom. The zero-order valence-corrected chi connectivity index (χ0v) is 13.8. The van der Waals surface area contributed by atoms with Crippen molar-refractivity contribution in [3.05, 3.63) is 42.1 Å². The van der Waals surface area contributed by atoms with Crippen LogP contribution in [0.15, 0.2) is 30.7 Å². The number of hydrogen-bond donors (Lipinski definition) is 2. The van der Waals surface area contributed by atoms with E-state index in [4.69, 9.17) is 10.5 Å². The number of ether oxygens (including phenoxy) is 1. The van der Waals surface area contributed by atoms with Crippen molar-refractivity contribution in [2.24, 2.45) is 11.7 Å². The molecule has 7 heteroatoms. The van der Waals surface area contributed by atoms with Crippen LogP contribution in [0.1, 0.15) is 24.2 Å². The minimum absolute atomic E-state index is 0.126. The molecule has 0 bridgehead atoms. The van der Waals surface area contributed by atoms with E-state index in [0.717, 1.165) is 30.0 Å². The first kappa shape index (κ1) is 16.6. The van der Waals surface area contributed by atoms with Gasteiger partial charge in [0.15, 0.2) is 0 Å². The summed E-state index contributed by atoms with van der Waals surface area (Å²) < 4.78 is 7.23. The molecule has 1 saturated heterocycles. The second-order valence-electron chi connectivity index (χ2n) is 6.02. The third-order valence-corrected chi connectivity index (χ3v) is 4.45. The van der Waals surface area contributed by atoms with Crippen LogP contribution in [0.3, 0.4) is 0 Å². The van der Waals surface area contributed by atoms with Gasteiger partial charge in [-0.2, -0.15) is 0 Å². The first-order chi connectivity index (χ1) is 11.7. The number of nitrogens with two attached hydrogens (primary N) is 1. The summed E-state index contributed by atoms with van der Waals surface area (Å²) in [5, 5.41) is 2.94. The molecule has 1 aliphatic rings. The SMILES string of the molecule is Cc1nccn1-c1ncccc1CNC(=O)C(N)C1CCOCC1. The number of carbonyl (C=O) groups is 1. The summed E-state index contributed by atoms with van der Waals surface area (Å²) in [6.07, 6.45) is 6.99. The monoisotopic (exact) mass is 329 g/mol. The zero-order valence-electron chi connectivity index (χ0n) is 13.8. The van der Waals surface area contributed by atoms with E-state index in [0.29, 0.717) is 19.8 Å². The number of nitrogens with one attached hydrogen (secondary N) is 1. The van der Waals surface area contributed by atoms with Crippen LogP contribution in [0.5, 0.6) is 0 Å². The quantitative estimate of drug-likeness (QED) is 0.851. The number of aryl methyl sites for hydroxylation is 1. The standard InChI is InChI=1S/C17H23N5O2/c1-12-19-7-8-22(12)16-14(3-2-6-20-16)11-21-17(23)15(18)13-4-9-24-10-5-13/h2-3,6-8,13,15H,4-5,9-11,18H2,1H3,(H,21,23). The van der Waals surface area contributed by atoms with Gasteiger partial charge in [0.25, 0.3) is 0 Å². The molecular weight excluding hydrogens is 306 g/mol. The zero-order chi connectivity index (χ0) is 16.9. The molecule has 3 rings (SSSR count). The van der Waals surface area contributed by atoms with Crippen LogP contribution in [-0.4, -0.2) is 39.7 Å². The van der Waals surface area contributed by atoms with E-state index in [-0.39, 0.29) is 11.8 Å². The summed E-state index contributed by atoms with van der Waals surface area (Å²) in [5.41, 5.74) is 7.04. The number of imidazole rings is 1. The number of carbonyl (C=O) groups excluding carboxylic acids is 1. The van der Waals surface area contributed by atoms with Gasteiger partial charge in [-0.15, -0.1) is 0 Å². The van der Waals surface area contributed by atoms with Gasteiger partial charge in [0.1, 0.15) is 11.6 Å². The summed E-state index contributed by atoms with van der Waals surface area (Å²) in [6.45, 7) is 3.66. The van der Waals surface area contributed by atoms with Gasteiger partial charge >= 0.3 is 0 Å². The van der Waals surface area contributed by atoms with Crippen molar-refractivity contribution in [1.82, 2.24) is 19.9 Å². The lowest BCUT2D eigenvalue weighted by Crippen LogP contribution is -2.46. The second-order valence-corrected chi connectivity index (χ2v) is 6.02. The molecule has 0 aliphatic carbocycles. The lowest BCUT2D eigenvalue weighted by atomic mass is 9.92. The van der Waals surface area contributed by atoms with E-state index < -0.39 is 6.04 Å². The molecule has 0 saturated carbocycles. The summed E-state index contributed by atoms with van der Waals surface area (Å²) in [6, 6.07) is 3.31. The van der Waals surface area contributed by atoms with Crippen molar-refractivity contribution in [2.45, 2.75) is 32.4 Å². The van der Waals surface area contributed by atoms with Gasteiger partial charge in [0.2, 0.25) is 5.91 Å².